The predicted octanol–water partition coefficient (Wildman–Crippen LogP) is 3.43. The lowest BCUT2D eigenvalue weighted by Crippen LogP contribution is -2.47. The van der Waals surface area contributed by atoms with Gasteiger partial charge in [-0.15, -0.1) is 0 Å². The van der Waals surface area contributed by atoms with E-state index in [0.29, 0.717) is 12.1 Å². The summed E-state index contributed by atoms with van der Waals surface area (Å²) in [5, 5.41) is 2.89. The molecule has 0 unspecified atom stereocenters. The van der Waals surface area contributed by atoms with Crippen LogP contribution in [-0.2, 0) is 21.2 Å². The van der Waals surface area contributed by atoms with E-state index in [0.717, 1.165) is 23.9 Å². The van der Waals surface area contributed by atoms with Gasteiger partial charge in [-0.25, -0.2) is 8.42 Å². The first-order valence-electron chi connectivity index (χ1n) is 8.31. The first-order valence-corrected chi connectivity index (χ1v) is 10.2. The van der Waals surface area contributed by atoms with Crippen molar-refractivity contribution < 1.29 is 13.2 Å². The summed E-state index contributed by atoms with van der Waals surface area (Å²) < 4.78 is 25.9. The van der Waals surface area contributed by atoms with Crippen LogP contribution in [0.1, 0.15) is 25.8 Å². The second kappa shape index (κ2) is 8.16. The molecule has 2 rings (SSSR count). The normalized spacial score (nSPS) is 12.4. The summed E-state index contributed by atoms with van der Waals surface area (Å²) in [6.45, 7) is 3.81. The molecule has 0 fully saturated rings. The number of aryl methyl sites for hydroxylation is 1. The van der Waals surface area contributed by atoms with Gasteiger partial charge in [0.2, 0.25) is 15.9 Å². The van der Waals surface area contributed by atoms with Gasteiger partial charge in [-0.1, -0.05) is 50.2 Å². The second-order valence-corrected chi connectivity index (χ2v) is 7.68. The molecule has 1 atom stereocenters. The summed E-state index contributed by atoms with van der Waals surface area (Å²) >= 11 is 0. The van der Waals surface area contributed by atoms with Gasteiger partial charge in [0.05, 0.1) is 11.9 Å². The highest BCUT2D eigenvalue weighted by Gasteiger charge is 2.31. The molecule has 0 radical (unpaired) electrons. The summed E-state index contributed by atoms with van der Waals surface area (Å²) in [6.07, 6.45) is 2.26. The Morgan fingerprint density at radius 3 is 2.20 bits per heavy atom. The minimum atomic E-state index is -3.61. The number of rotatable bonds is 7. The number of sulfonamides is 1. The van der Waals surface area contributed by atoms with Gasteiger partial charge in [-0.3, -0.25) is 9.10 Å². The third-order valence-electron chi connectivity index (χ3n) is 4.00. The van der Waals surface area contributed by atoms with E-state index < -0.39 is 16.1 Å². The van der Waals surface area contributed by atoms with E-state index in [4.69, 9.17) is 0 Å². The molecule has 0 aliphatic rings. The zero-order chi connectivity index (χ0) is 18.4. The van der Waals surface area contributed by atoms with Crippen molar-refractivity contribution in [3.8, 4) is 0 Å². The fourth-order valence-electron chi connectivity index (χ4n) is 2.80. The minimum absolute atomic E-state index is 0.335. The number of nitrogens with one attached hydrogen (secondary N) is 1. The van der Waals surface area contributed by atoms with Crippen molar-refractivity contribution in [2.45, 2.75) is 32.7 Å². The van der Waals surface area contributed by atoms with Crippen LogP contribution in [0.2, 0.25) is 0 Å². The number of benzene rings is 2. The van der Waals surface area contributed by atoms with E-state index in [9.17, 15) is 13.2 Å². The molecule has 134 valence electrons. The lowest BCUT2D eigenvalue weighted by molar-refractivity contribution is -0.117. The number of carbonyl (C=O) groups excluding carboxylic acids is 1. The molecule has 0 saturated heterocycles. The summed E-state index contributed by atoms with van der Waals surface area (Å²) in [4.78, 5) is 12.9. The number of nitrogens with zero attached hydrogens (tertiary/aromatic N) is 1. The summed E-state index contributed by atoms with van der Waals surface area (Å²) in [6, 6.07) is 15.4. The minimum Gasteiger partial charge on any atom is -0.324 e. The summed E-state index contributed by atoms with van der Waals surface area (Å²) in [5.74, 6) is -0.335. The number of hydrogen-bond donors (Lipinski definition) is 1. The van der Waals surface area contributed by atoms with Gasteiger partial charge in [0.25, 0.3) is 0 Å². The van der Waals surface area contributed by atoms with E-state index in [1.165, 1.54) is 4.31 Å². The molecule has 5 nitrogen and oxygen atoms in total. The quantitative estimate of drug-likeness (QED) is 0.822. The number of amides is 1. The van der Waals surface area contributed by atoms with Crippen LogP contribution in [-0.4, -0.2) is 26.6 Å². The van der Waals surface area contributed by atoms with Crippen molar-refractivity contribution >= 4 is 27.3 Å². The molecular formula is C19H24N2O3S. The SMILES string of the molecule is CCc1ccccc1NC(=O)[C@H](CC)N(c1ccccc1)S(C)(=O)=O. The maximum Gasteiger partial charge on any atom is 0.248 e. The van der Waals surface area contributed by atoms with Crippen LogP contribution in [0.25, 0.3) is 0 Å². The van der Waals surface area contributed by atoms with Crippen molar-refractivity contribution in [2.24, 2.45) is 0 Å². The molecule has 6 heteroatoms. The smallest absolute Gasteiger partial charge is 0.248 e. The van der Waals surface area contributed by atoms with Gasteiger partial charge in [-0.2, -0.15) is 0 Å². The Morgan fingerprint density at radius 1 is 1.04 bits per heavy atom. The molecular weight excluding hydrogens is 336 g/mol. The molecule has 0 spiro atoms. The molecule has 0 saturated carbocycles. The van der Waals surface area contributed by atoms with Crippen LogP contribution in [0, 0.1) is 0 Å². The number of carbonyl (C=O) groups is 1. The molecule has 1 N–H and O–H groups in total. The van der Waals surface area contributed by atoms with Crippen LogP contribution in [0.4, 0.5) is 11.4 Å². The van der Waals surface area contributed by atoms with Crippen LogP contribution < -0.4 is 9.62 Å². The van der Waals surface area contributed by atoms with Gasteiger partial charge in [-0.05, 0) is 36.6 Å². The van der Waals surface area contributed by atoms with Crippen molar-refractivity contribution in [2.75, 3.05) is 15.9 Å². The fraction of sp³-hybridized carbons (Fsp3) is 0.316. The van der Waals surface area contributed by atoms with Crippen LogP contribution >= 0.6 is 0 Å². The van der Waals surface area contributed by atoms with Crippen molar-refractivity contribution in [1.29, 1.82) is 0 Å². The van der Waals surface area contributed by atoms with E-state index >= 15 is 0 Å². The van der Waals surface area contributed by atoms with Crippen molar-refractivity contribution in [1.82, 2.24) is 0 Å². The first kappa shape index (κ1) is 19.0. The Labute approximate surface area is 149 Å². The predicted molar refractivity (Wildman–Crippen MR) is 102 cm³/mol. The van der Waals surface area contributed by atoms with E-state index in [2.05, 4.69) is 5.32 Å². The van der Waals surface area contributed by atoms with E-state index in [1.807, 2.05) is 37.3 Å². The molecule has 0 aromatic heterocycles. The van der Waals surface area contributed by atoms with E-state index in [-0.39, 0.29) is 5.91 Å². The van der Waals surface area contributed by atoms with Gasteiger partial charge >= 0.3 is 0 Å². The lowest BCUT2D eigenvalue weighted by Gasteiger charge is -2.30. The highest BCUT2D eigenvalue weighted by molar-refractivity contribution is 7.92. The van der Waals surface area contributed by atoms with E-state index in [1.54, 1.807) is 31.2 Å². The summed E-state index contributed by atoms with van der Waals surface area (Å²) in [7, 11) is -3.61. The highest BCUT2D eigenvalue weighted by atomic mass is 32.2. The molecule has 1 amide bonds. The molecule has 0 bridgehead atoms. The van der Waals surface area contributed by atoms with Crippen molar-refractivity contribution in [3.63, 3.8) is 0 Å². The first-order chi connectivity index (χ1) is 11.9. The fourth-order valence-corrected chi connectivity index (χ4v) is 4.01. The Morgan fingerprint density at radius 2 is 1.64 bits per heavy atom. The van der Waals surface area contributed by atoms with Gasteiger partial charge in [0.1, 0.15) is 6.04 Å². The van der Waals surface area contributed by atoms with Crippen LogP contribution in [0.5, 0.6) is 0 Å². The number of hydrogen-bond acceptors (Lipinski definition) is 3. The zero-order valence-electron chi connectivity index (χ0n) is 14.8. The second-order valence-electron chi connectivity index (χ2n) is 5.82. The standard InChI is InChI=1S/C19H24N2O3S/c1-4-15-11-9-10-14-17(15)20-19(22)18(5-2)21(25(3,23)24)16-12-7-6-8-13-16/h6-14,18H,4-5H2,1-3H3,(H,20,22)/t18-/m0/s1. The maximum atomic E-state index is 12.9. The topological polar surface area (TPSA) is 66.5 Å². The third kappa shape index (κ3) is 4.60. The van der Waals surface area contributed by atoms with Crippen LogP contribution in [0.3, 0.4) is 0 Å². The van der Waals surface area contributed by atoms with Gasteiger partial charge in [0.15, 0.2) is 0 Å². The largest absolute Gasteiger partial charge is 0.324 e. The molecule has 2 aromatic rings. The lowest BCUT2D eigenvalue weighted by atomic mass is 10.1. The monoisotopic (exact) mass is 360 g/mol. The number of anilines is 2. The summed E-state index contributed by atoms with van der Waals surface area (Å²) in [5.41, 5.74) is 2.21. The molecule has 2 aromatic carbocycles. The molecule has 25 heavy (non-hydrogen) atoms. The Kier molecular flexibility index (Phi) is 6.20. The van der Waals surface area contributed by atoms with Crippen molar-refractivity contribution in [3.05, 3.63) is 60.2 Å². The molecule has 0 heterocycles. The van der Waals surface area contributed by atoms with Crippen LogP contribution in [0.15, 0.2) is 54.6 Å². The Bertz CT molecular complexity index is 820. The average molecular weight is 360 g/mol. The molecule has 0 aliphatic heterocycles. The average Bonchev–Trinajstić information content (AvgIpc) is 2.59. The zero-order valence-corrected chi connectivity index (χ0v) is 15.6. The third-order valence-corrected chi connectivity index (χ3v) is 5.18. The molecule has 0 aliphatic carbocycles. The number of para-hydroxylation sites is 2. The van der Waals surface area contributed by atoms with Gasteiger partial charge < -0.3 is 5.32 Å². The Balaban J connectivity index is 2.36. The highest BCUT2D eigenvalue weighted by Crippen LogP contribution is 2.23. The Hall–Kier alpha value is -2.34. The maximum absolute atomic E-state index is 12.9. The van der Waals surface area contributed by atoms with Gasteiger partial charge in [0, 0.05) is 5.69 Å².